The quantitative estimate of drug-likeness (QED) is 0.582. The van der Waals surface area contributed by atoms with E-state index in [9.17, 15) is 14.4 Å². The van der Waals surface area contributed by atoms with Crippen LogP contribution in [0.3, 0.4) is 0 Å². The first kappa shape index (κ1) is 27.1. The third-order valence-corrected chi connectivity index (χ3v) is 9.09. The van der Waals surface area contributed by atoms with Crippen LogP contribution in [0.25, 0.3) is 0 Å². The van der Waals surface area contributed by atoms with Crippen molar-refractivity contribution in [1.29, 1.82) is 0 Å². The number of hydrogen-bond donors (Lipinski definition) is 2. The molecule has 1 saturated carbocycles. The van der Waals surface area contributed by atoms with E-state index in [1.807, 2.05) is 41.1 Å². The summed E-state index contributed by atoms with van der Waals surface area (Å²) in [6.45, 7) is 5.06. The number of piperidine rings is 1. The van der Waals surface area contributed by atoms with Gasteiger partial charge < -0.3 is 15.5 Å². The Kier molecular flexibility index (Phi) is 9.07. The zero-order valence-electron chi connectivity index (χ0n) is 21.7. The average molecular weight is 517 g/mol. The van der Waals surface area contributed by atoms with Gasteiger partial charge in [-0.05, 0) is 63.3 Å². The van der Waals surface area contributed by atoms with Crippen LogP contribution < -0.4 is 10.6 Å². The molecule has 3 aliphatic rings. The van der Waals surface area contributed by atoms with E-state index in [1.165, 1.54) is 19.3 Å². The molecule has 1 aromatic carbocycles. The van der Waals surface area contributed by atoms with Gasteiger partial charge >= 0.3 is 0 Å². The normalized spacial score (nSPS) is 24.2. The second-order valence-electron chi connectivity index (χ2n) is 11.0. The molecule has 2 amide bonds. The first-order chi connectivity index (χ1) is 17.3. The summed E-state index contributed by atoms with van der Waals surface area (Å²) in [4.78, 5) is 43.8. The largest absolute Gasteiger partial charge is 0.343 e. The Balaban J connectivity index is 1.47. The summed E-state index contributed by atoms with van der Waals surface area (Å²) in [7, 11) is 1.94. The van der Waals surface area contributed by atoms with E-state index in [1.54, 1.807) is 6.92 Å². The minimum Gasteiger partial charge on any atom is -0.343 e. The van der Waals surface area contributed by atoms with Crippen LogP contribution in [0.15, 0.2) is 24.3 Å². The van der Waals surface area contributed by atoms with Crippen molar-refractivity contribution in [3.63, 3.8) is 0 Å². The smallest absolute Gasteiger partial charge is 0.245 e. The summed E-state index contributed by atoms with van der Waals surface area (Å²) in [5, 5.41) is 6.99. The molecule has 1 aromatic rings. The standard InChI is InChI=1S/C28H41ClN4O3/c1-20(34)28(22-6-4-3-5-7-22)12-15-33(16-13-28)27(36)24(18-21-8-10-23(29)11-9-21)31-26(35)25-19-30-14-17-32(25)2/h8-11,22,24-25,30H,3-7,12-19H2,1-2H3,(H,31,35)/t24-,25+/m1/s1. The SMILES string of the molecule is CC(=O)C1(C2CCCCC2)CCN(C(=O)[C@@H](Cc2ccc(Cl)cc2)NC(=O)[C@@H]2CNCCN2C)CC1. The third kappa shape index (κ3) is 6.12. The van der Waals surface area contributed by atoms with Crippen molar-refractivity contribution in [3.05, 3.63) is 34.9 Å². The van der Waals surface area contributed by atoms with Gasteiger partial charge in [0.15, 0.2) is 0 Å². The van der Waals surface area contributed by atoms with Crippen molar-refractivity contribution < 1.29 is 14.4 Å². The number of piperazine rings is 1. The van der Waals surface area contributed by atoms with E-state index < -0.39 is 6.04 Å². The minimum absolute atomic E-state index is 0.0643. The molecule has 2 atom stereocenters. The Morgan fingerprint density at radius 3 is 2.36 bits per heavy atom. The highest BCUT2D eigenvalue weighted by Gasteiger charge is 2.46. The third-order valence-electron chi connectivity index (χ3n) is 8.84. The number of Topliss-reactive ketones (excluding diaryl/α,β-unsaturated/α-hetero) is 1. The Morgan fingerprint density at radius 2 is 1.75 bits per heavy atom. The minimum atomic E-state index is -0.659. The van der Waals surface area contributed by atoms with Gasteiger partial charge in [-0.1, -0.05) is 43.0 Å². The number of ketones is 1. The molecule has 4 rings (SSSR count). The van der Waals surface area contributed by atoms with Crippen LogP contribution >= 0.6 is 11.6 Å². The topological polar surface area (TPSA) is 81.8 Å². The summed E-state index contributed by atoms with van der Waals surface area (Å²) in [6.07, 6.45) is 7.72. The number of likely N-dealkylation sites (tertiary alicyclic amines) is 1. The molecule has 0 spiro atoms. The van der Waals surface area contributed by atoms with Gasteiger partial charge in [-0.3, -0.25) is 19.3 Å². The van der Waals surface area contributed by atoms with Crippen molar-refractivity contribution in [2.45, 2.75) is 70.4 Å². The number of hydrogen-bond acceptors (Lipinski definition) is 5. The van der Waals surface area contributed by atoms with Crippen LogP contribution in [0.4, 0.5) is 0 Å². The summed E-state index contributed by atoms with van der Waals surface area (Å²) >= 11 is 6.07. The molecule has 2 aliphatic heterocycles. The zero-order valence-corrected chi connectivity index (χ0v) is 22.5. The number of carbonyl (C=O) groups excluding carboxylic acids is 3. The van der Waals surface area contributed by atoms with Gasteiger partial charge in [-0.2, -0.15) is 0 Å². The van der Waals surface area contributed by atoms with E-state index in [0.29, 0.717) is 37.0 Å². The summed E-state index contributed by atoms with van der Waals surface area (Å²) in [5.74, 6) is 0.514. The molecule has 0 bridgehead atoms. The molecule has 3 fully saturated rings. The average Bonchev–Trinajstić information content (AvgIpc) is 2.89. The Morgan fingerprint density at radius 1 is 1.08 bits per heavy atom. The second-order valence-corrected chi connectivity index (χ2v) is 11.4. The maximum absolute atomic E-state index is 13.8. The summed E-state index contributed by atoms with van der Waals surface area (Å²) in [5.41, 5.74) is 0.647. The highest BCUT2D eigenvalue weighted by Crippen LogP contribution is 2.46. The molecule has 0 radical (unpaired) electrons. The maximum atomic E-state index is 13.8. The first-order valence-corrected chi connectivity index (χ1v) is 13.9. The van der Waals surface area contributed by atoms with Gasteiger partial charge in [-0.15, -0.1) is 0 Å². The number of amides is 2. The van der Waals surface area contributed by atoms with Gasteiger partial charge in [0.05, 0.1) is 0 Å². The fraction of sp³-hybridized carbons (Fsp3) is 0.679. The van der Waals surface area contributed by atoms with Gasteiger partial charge in [0.1, 0.15) is 17.9 Å². The number of halogens is 1. The molecule has 2 saturated heterocycles. The van der Waals surface area contributed by atoms with Crippen LogP contribution in [0.5, 0.6) is 0 Å². The predicted molar refractivity (Wildman–Crippen MR) is 142 cm³/mol. The number of benzene rings is 1. The van der Waals surface area contributed by atoms with E-state index in [-0.39, 0.29) is 29.1 Å². The van der Waals surface area contributed by atoms with Crippen LogP contribution in [-0.4, -0.2) is 79.3 Å². The fourth-order valence-electron chi connectivity index (χ4n) is 6.47. The molecule has 8 heteroatoms. The lowest BCUT2D eigenvalue weighted by atomic mass is 9.62. The van der Waals surface area contributed by atoms with Crippen molar-refractivity contribution in [2.24, 2.45) is 11.3 Å². The lowest BCUT2D eigenvalue weighted by Crippen LogP contribution is -2.60. The zero-order chi connectivity index (χ0) is 25.7. The van der Waals surface area contributed by atoms with Gasteiger partial charge in [-0.25, -0.2) is 0 Å². The fourth-order valence-corrected chi connectivity index (χ4v) is 6.60. The van der Waals surface area contributed by atoms with Crippen molar-refractivity contribution in [2.75, 3.05) is 39.8 Å². The van der Waals surface area contributed by atoms with Crippen LogP contribution in [0.2, 0.25) is 5.02 Å². The van der Waals surface area contributed by atoms with E-state index in [4.69, 9.17) is 11.6 Å². The molecule has 198 valence electrons. The number of nitrogens with zero attached hydrogens (tertiary/aromatic N) is 2. The van der Waals surface area contributed by atoms with Crippen molar-refractivity contribution in [1.82, 2.24) is 20.4 Å². The molecule has 2 heterocycles. The van der Waals surface area contributed by atoms with Gasteiger partial charge in [0, 0.05) is 49.6 Å². The molecule has 36 heavy (non-hydrogen) atoms. The van der Waals surface area contributed by atoms with Crippen LogP contribution in [-0.2, 0) is 20.8 Å². The predicted octanol–water partition coefficient (Wildman–Crippen LogP) is 3.05. The number of carbonyl (C=O) groups is 3. The first-order valence-electron chi connectivity index (χ1n) is 13.6. The molecule has 0 aromatic heterocycles. The highest BCUT2D eigenvalue weighted by molar-refractivity contribution is 6.30. The van der Waals surface area contributed by atoms with Crippen LogP contribution in [0.1, 0.15) is 57.4 Å². The van der Waals surface area contributed by atoms with Gasteiger partial charge in [0.25, 0.3) is 0 Å². The lowest BCUT2D eigenvalue weighted by molar-refractivity contribution is -0.144. The number of nitrogens with one attached hydrogen (secondary N) is 2. The lowest BCUT2D eigenvalue weighted by Gasteiger charge is -2.47. The maximum Gasteiger partial charge on any atom is 0.245 e. The Bertz CT molecular complexity index is 923. The van der Waals surface area contributed by atoms with E-state index in [0.717, 1.165) is 44.3 Å². The van der Waals surface area contributed by atoms with E-state index >= 15 is 0 Å². The van der Waals surface area contributed by atoms with Crippen molar-refractivity contribution >= 4 is 29.2 Å². The number of likely N-dealkylation sites (N-methyl/N-ethyl adjacent to an activating group) is 1. The number of rotatable bonds is 7. The molecular formula is C28H41ClN4O3. The van der Waals surface area contributed by atoms with Crippen LogP contribution in [0, 0.1) is 11.3 Å². The summed E-state index contributed by atoms with van der Waals surface area (Å²) < 4.78 is 0. The molecule has 7 nitrogen and oxygen atoms in total. The van der Waals surface area contributed by atoms with E-state index in [2.05, 4.69) is 10.6 Å². The second kappa shape index (κ2) is 12.1. The summed E-state index contributed by atoms with van der Waals surface area (Å²) in [6, 6.07) is 6.47. The molecule has 1 aliphatic carbocycles. The van der Waals surface area contributed by atoms with Crippen molar-refractivity contribution in [3.8, 4) is 0 Å². The Hall–Kier alpha value is -1.96. The van der Waals surface area contributed by atoms with Gasteiger partial charge in [0.2, 0.25) is 11.8 Å². The monoisotopic (exact) mass is 516 g/mol. The highest BCUT2D eigenvalue weighted by atomic mass is 35.5. The molecular weight excluding hydrogens is 476 g/mol. The molecule has 0 unspecified atom stereocenters. The Labute approximate surface area is 220 Å². The molecule has 2 N–H and O–H groups in total.